The molecule has 0 aliphatic heterocycles. The van der Waals surface area contributed by atoms with Gasteiger partial charge in [0.25, 0.3) is 0 Å². The Kier molecular flexibility index (Phi) is 3.28. The van der Waals surface area contributed by atoms with E-state index in [0.717, 1.165) is 11.1 Å². The van der Waals surface area contributed by atoms with Crippen LogP contribution in [0.3, 0.4) is 0 Å². The topological polar surface area (TPSA) is 0 Å². The van der Waals surface area contributed by atoms with Crippen molar-refractivity contribution in [1.82, 2.24) is 0 Å². The van der Waals surface area contributed by atoms with Crippen molar-refractivity contribution in [3.8, 4) is 12.3 Å². The van der Waals surface area contributed by atoms with E-state index in [-0.39, 0.29) is 0 Å². The molecule has 0 aliphatic rings. The van der Waals surface area contributed by atoms with Gasteiger partial charge in [-0.1, -0.05) is 24.7 Å². The van der Waals surface area contributed by atoms with E-state index in [2.05, 4.69) is 19.1 Å². The SMILES string of the molecule is C#CC(=C)/C=C(/C)C(=C)C. The van der Waals surface area contributed by atoms with Gasteiger partial charge in [-0.05, 0) is 25.5 Å². The van der Waals surface area contributed by atoms with Crippen LogP contribution in [-0.4, -0.2) is 0 Å². The third kappa shape index (κ3) is 2.94. The average molecular weight is 132 g/mol. The van der Waals surface area contributed by atoms with Gasteiger partial charge in [-0.2, -0.15) is 0 Å². The molecule has 0 radical (unpaired) electrons. The lowest BCUT2D eigenvalue weighted by atomic mass is 10.1. The Morgan fingerprint density at radius 2 is 1.90 bits per heavy atom. The lowest BCUT2D eigenvalue weighted by Gasteiger charge is -1.96. The van der Waals surface area contributed by atoms with Gasteiger partial charge < -0.3 is 0 Å². The quantitative estimate of drug-likeness (QED) is 0.400. The highest BCUT2D eigenvalue weighted by molar-refractivity contribution is 5.40. The number of allylic oxidation sites excluding steroid dienone is 4. The van der Waals surface area contributed by atoms with E-state index >= 15 is 0 Å². The molecule has 0 unspecified atom stereocenters. The predicted octanol–water partition coefficient (Wildman–Crippen LogP) is 2.70. The molecule has 0 atom stereocenters. The van der Waals surface area contributed by atoms with Crippen LogP contribution in [0.2, 0.25) is 0 Å². The predicted molar refractivity (Wildman–Crippen MR) is 46.5 cm³/mol. The molecule has 0 aromatic heterocycles. The largest absolute Gasteiger partial charge is 0.115 e. The first-order valence-electron chi connectivity index (χ1n) is 3.07. The number of terminal acetylenes is 1. The maximum absolute atomic E-state index is 5.10. The molecule has 52 valence electrons. The zero-order chi connectivity index (χ0) is 8.15. The van der Waals surface area contributed by atoms with Crippen LogP contribution in [0.1, 0.15) is 13.8 Å². The normalized spacial score (nSPS) is 10.3. The highest BCUT2D eigenvalue weighted by atomic mass is 13.9. The smallest absolute Gasteiger partial charge is 0.0173 e. The first-order chi connectivity index (χ1) is 4.57. The van der Waals surface area contributed by atoms with E-state index in [4.69, 9.17) is 6.42 Å². The minimum Gasteiger partial charge on any atom is -0.115 e. The third-order valence-electron chi connectivity index (χ3n) is 1.25. The van der Waals surface area contributed by atoms with Crippen LogP contribution in [0, 0.1) is 12.3 Å². The molecule has 0 nitrogen and oxygen atoms in total. The van der Waals surface area contributed by atoms with Crippen molar-refractivity contribution in [2.24, 2.45) is 0 Å². The molecule has 0 aromatic rings. The average Bonchev–Trinajstić information content (AvgIpc) is 1.87. The van der Waals surface area contributed by atoms with Gasteiger partial charge in [0.1, 0.15) is 0 Å². The lowest BCUT2D eigenvalue weighted by Crippen LogP contribution is -1.77. The second-order valence-corrected chi connectivity index (χ2v) is 2.28. The molecule has 0 amide bonds. The minimum atomic E-state index is 0.695. The first kappa shape index (κ1) is 8.78. The van der Waals surface area contributed by atoms with Gasteiger partial charge in [-0.15, -0.1) is 6.42 Å². The third-order valence-corrected chi connectivity index (χ3v) is 1.25. The van der Waals surface area contributed by atoms with Crippen molar-refractivity contribution >= 4 is 0 Å². The van der Waals surface area contributed by atoms with E-state index < -0.39 is 0 Å². The van der Waals surface area contributed by atoms with Crippen molar-refractivity contribution in [2.45, 2.75) is 13.8 Å². The Morgan fingerprint density at radius 1 is 1.40 bits per heavy atom. The number of hydrogen-bond donors (Lipinski definition) is 0. The standard InChI is InChI=1S/C10H12/c1-6-9(4)7-10(5)8(2)3/h1,7H,2,4H2,3,5H3/b10-7-. The van der Waals surface area contributed by atoms with E-state index in [1.165, 1.54) is 0 Å². The maximum atomic E-state index is 5.10. The van der Waals surface area contributed by atoms with Crippen LogP contribution >= 0.6 is 0 Å². The van der Waals surface area contributed by atoms with Gasteiger partial charge >= 0.3 is 0 Å². The minimum absolute atomic E-state index is 0.695. The van der Waals surface area contributed by atoms with E-state index in [0.29, 0.717) is 5.57 Å². The monoisotopic (exact) mass is 132 g/mol. The molecule has 0 aliphatic carbocycles. The Morgan fingerprint density at radius 3 is 2.20 bits per heavy atom. The highest BCUT2D eigenvalue weighted by Crippen LogP contribution is 2.07. The summed E-state index contributed by atoms with van der Waals surface area (Å²) in [7, 11) is 0. The summed E-state index contributed by atoms with van der Waals surface area (Å²) in [5, 5.41) is 0. The summed E-state index contributed by atoms with van der Waals surface area (Å²) in [5.74, 6) is 2.44. The van der Waals surface area contributed by atoms with Crippen molar-refractivity contribution < 1.29 is 0 Å². The van der Waals surface area contributed by atoms with Gasteiger partial charge in [0.15, 0.2) is 0 Å². The lowest BCUT2D eigenvalue weighted by molar-refractivity contribution is 1.36. The summed E-state index contributed by atoms with van der Waals surface area (Å²) < 4.78 is 0. The molecule has 0 heterocycles. The van der Waals surface area contributed by atoms with Crippen molar-refractivity contribution in [2.75, 3.05) is 0 Å². The maximum Gasteiger partial charge on any atom is 0.0173 e. The van der Waals surface area contributed by atoms with Gasteiger partial charge in [0, 0.05) is 5.57 Å². The molecular weight excluding hydrogens is 120 g/mol. The second-order valence-electron chi connectivity index (χ2n) is 2.28. The van der Waals surface area contributed by atoms with Gasteiger partial charge in [0.2, 0.25) is 0 Å². The summed E-state index contributed by atoms with van der Waals surface area (Å²) in [6.07, 6.45) is 6.95. The van der Waals surface area contributed by atoms with E-state index in [1.54, 1.807) is 0 Å². The van der Waals surface area contributed by atoms with Crippen LogP contribution in [-0.2, 0) is 0 Å². The fourth-order valence-corrected chi connectivity index (χ4v) is 0.426. The first-order valence-corrected chi connectivity index (χ1v) is 3.07. The molecule has 10 heavy (non-hydrogen) atoms. The van der Waals surface area contributed by atoms with Crippen LogP contribution < -0.4 is 0 Å². The van der Waals surface area contributed by atoms with Crippen LogP contribution in [0.25, 0.3) is 0 Å². The summed E-state index contributed by atoms with van der Waals surface area (Å²) >= 11 is 0. The Hall–Kier alpha value is -1.22. The van der Waals surface area contributed by atoms with Crippen LogP contribution in [0.4, 0.5) is 0 Å². The zero-order valence-electron chi connectivity index (χ0n) is 6.57. The fourth-order valence-electron chi connectivity index (χ4n) is 0.426. The molecule has 0 rings (SSSR count). The van der Waals surface area contributed by atoms with Crippen molar-refractivity contribution in [3.05, 3.63) is 36.0 Å². The summed E-state index contributed by atoms with van der Waals surface area (Å²) in [5.41, 5.74) is 2.81. The molecule has 0 N–H and O–H groups in total. The second kappa shape index (κ2) is 3.74. The van der Waals surface area contributed by atoms with Crippen LogP contribution in [0.5, 0.6) is 0 Å². The Labute approximate surface area is 63.0 Å². The molecule has 0 saturated heterocycles. The Balaban J connectivity index is 4.35. The summed E-state index contributed by atoms with van der Waals surface area (Å²) in [6.45, 7) is 11.3. The molecule has 0 bridgehead atoms. The van der Waals surface area contributed by atoms with Gasteiger partial charge in [-0.3, -0.25) is 0 Å². The fraction of sp³-hybridized carbons (Fsp3) is 0.200. The summed E-state index contributed by atoms with van der Waals surface area (Å²) in [6, 6.07) is 0. The highest BCUT2D eigenvalue weighted by Gasteiger charge is 1.88. The summed E-state index contributed by atoms with van der Waals surface area (Å²) in [4.78, 5) is 0. The van der Waals surface area contributed by atoms with E-state index in [1.807, 2.05) is 19.9 Å². The molecule has 0 heteroatoms. The van der Waals surface area contributed by atoms with Crippen LogP contribution in [0.15, 0.2) is 36.0 Å². The molecule has 0 saturated carbocycles. The van der Waals surface area contributed by atoms with Gasteiger partial charge in [0.05, 0.1) is 0 Å². The van der Waals surface area contributed by atoms with Crippen molar-refractivity contribution in [1.29, 1.82) is 0 Å². The van der Waals surface area contributed by atoms with Gasteiger partial charge in [-0.25, -0.2) is 0 Å². The molecule has 0 aromatic carbocycles. The molecule has 0 spiro atoms. The zero-order valence-corrected chi connectivity index (χ0v) is 6.57. The molecule has 0 fully saturated rings. The number of rotatable bonds is 2. The Bertz CT molecular complexity index is 221. The molecular formula is C10H12. The van der Waals surface area contributed by atoms with E-state index in [9.17, 15) is 0 Å². The number of hydrogen-bond acceptors (Lipinski definition) is 0. The van der Waals surface area contributed by atoms with Crippen molar-refractivity contribution in [3.63, 3.8) is 0 Å².